The van der Waals surface area contributed by atoms with Crippen LogP contribution in [0.4, 0.5) is 11.1 Å². The van der Waals surface area contributed by atoms with Crippen LogP contribution in [0.1, 0.15) is 0 Å². The SMILES string of the molecule is CO/N=C\C(=O)Nc1nsc(N)n1. The number of amides is 1. The van der Waals surface area contributed by atoms with Crippen LogP contribution >= 0.6 is 11.5 Å². The minimum atomic E-state index is -0.473. The van der Waals surface area contributed by atoms with E-state index in [1.807, 2.05) is 0 Å². The van der Waals surface area contributed by atoms with Crippen LogP contribution < -0.4 is 11.1 Å². The lowest BCUT2D eigenvalue weighted by Crippen LogP contribution is -2.13. The van der Waals surface area contributed by atoms with E-state index in [-0.39, 0.29) is 5.95 Å². The number of rotatable bonds is 3. The molecule has 0 bridgehead atoms. The van der Waals surface area contributed by atoms with Gasteiger partial charge in [-0.25, -0.2) is 0 Å². The highest BCUT2D eigenvalue weighted by Crippen LogP contribution is 2.08. The second-order valence-electron chi connectivity index (χ2n) is 1.86. The monoisotopic (exact) mass is 201 g/mol. The number of nitrogen functional groups attached to an aromatic ring is 1. The molecule has 13 heavy (non-hydrogen) atoms. The quantitative estimate of drug-likeness (QED) is 0.516. The van der Waals surface area contributed by atoms with Gasteiger partial charge in [0.15, 0.2) is 0 Å². The summed E-state index contributed by atoms with van der Waals surface area (Å²) in [5, 5.41) is 5.88. The fraction of sp³-hybridized carbons (Fsp3) is 0.200. The molecule has 0 aromatic carbocycles. The maximum atomic E-state index is 10.9. The molecule has 0 fully saturated rings. The number of carbonyl (C=O) groups is 1. The van der Waals surface area contributed by atoms with Crippen molar-refractivity contribution < 1.29 is 9.63 Å². The summed E-state index contributed by atoms with van der Waals surface area (Å²) < 4.78 is 3.73. The molecule has 8 heteroatoms. The Kier molecular flexibility index (Phi) is 3.15. The number of anilines is 2. The number of hydrogen-bond donors (Lipinski definition) is 2. The van der Waals surface area contributed by atoms with Crippen LogP contribution in [0.2, 0.25) is 0 Å². The fourth-order valence-electron chi connectivity index (χ4n) is 0.529. The highest BCUT2D eigenvalue weighted by atomic mass is 32.1. The first-order valence-electron chi connectivity index (χ1n) is 3.19. The molecule has 0 saturated heterocycles. The Hall–Kier alpha value is -1.70. The molecule has 70 valence electrons. The van der Waals surface area contributed by atoms with Gasteiger partial charge in [0.2, 0.25) is 11.1 Å². The number of carbonyl (C=O) groups excluding carboxylic acids is 1. The van der Waals surface area contributed by atoms with E-state index >= 15 is 0 Å². The number of nitrogens with one attached hydrogen (secondary N) is 1. The molecule has 1 rings (SSSR count). The van der Waals surface area contributed by atoms with Crippen molar-refractivity contribution in [3.8, 4) is 0 Å². The zero-order valence-corrected chi connectivity index (χ0v) is 7.54. The average Bonchev–Trinajstić information content (AvgIpc) is 2.48. The number of nitrogens with two attached hydrogens (primary N) is 1. The summed E-state index contributed by atoms with van der Waals surface area (Å²) >= 11 is 0.996. The Morgan fingerprint density at radius 3 is 3.15 bits per heavy atom. The molecule has 1 aromatic heterocycles. The van der Waals surface area contributed by atoms with E-state index in [4.69, 9.17) is 5.73 Å². The van der Waals surface area contributed by atoms with E-state index in [2.05, 4.69) is 24.7 Å². The van der Waals surface area contributed by atoms with Gasteiger partial charge in [0.25, 0.3) is 5.91 Å². The first-order valence-corrected chi connectivity index (χ1v) is 3.96. The zero-order valence-electron chi connectivity index (χ0n) is 6.72. The van der Waals surface area contributed by atoms with Gasteiger partial charge >= 0.3 is 0 Å². The van der Waals surface area contributed by atoms with Crippen LogP contribution in [-0.4, -0.2) is 28.6 Å². The van der Waals surface area contributed by atoms with Crippen molar-refractivity contribution in [1.82, 2.24) is 9.36 Å². The molecule has 1 heterocycles. The van der Waals surface area contributed by atoms with E-state index < -0.39 is 5.91 Å². The van der Waals surface area contributed by atoms with Crippen LogP contribution in [0.5, 0.6) is 0 Å². The van der Waals surface area contributed by atoms with Gasteiger partial charge in [0.1, 0.15) is 13.3 Å². The third-order valence-electron chi connectivity index (χ3n) is 0.952. The third-order valence-corrected chi connectivity index (χ3v) is 1.49. The van der Waals surface area contributed by atoms with Crippen molar-refractivity contribution in [2.75, 3.05) is 18.2 Å². The predicted molar refractivity (Wildman–Crippen MR) is 48.5 cm³/mol. The van der Waals surface area contributed by atoms with Crippen molar-refractivity contribution in [2.45, 2.75) is 0 Å². The Morgan fingerprint density at radius 1 is 1.85 bits per heavy atom. The van der Waals surface area contributed by atoms with Crippen molar-refractivity contribution >= 4 is 34.7 Å². The molecule has 0 aliphatic heterocycles. The summed E-state index contributed by atoms with van der Waals surface area (Å²) in [5.74, 6) is -0.310. The topological polar surface area (TPSA) is 102 Å². The standard InChI is InChI=1S/C5H7N5O2S/c1-12-7-2-3(11)8-5-9-4(6)13-10-5/h2H,1H3,(H3,6,8,9,10,11)/b7-2-. The first kappa shape index (κ1) is 9.39. The molecule has 3 N–H and O–H groups in total. The Morgan fingerprint density at radius 2 is 2.62 bits per heavy atom. The van der Waals surface area contributed by atoms with Crippen molar-refractivity contribution in [1.29, 1.82) is 0 Å². The molecule has 0 aliphatic rings. The van der Waals surface area contributed by atoms with Gasteiger partial charge in [0, 0.05) is 11.5 Å². The number of aromatic nitrogens is 2. The lowest BCUT2D eigenvalue weighted by atomic mass is 10.6. The minimum Gasteiger partial charge on any atom is -0.399 e. The van der Waals surface area contributed by atoms with E-state index in [1.165, 1.54) is 7.11 Å². The molecule has 0 radical (unpaired) electrons. The first-order chi connectivity index (χ1) is 6.22. The molecule has 0 atom stereocenters. The van der Waals surface area contributed by atoms with Gasteiger partial charge in [-0.05, 0) is 0 Å². The predicted octanol–water partition coefficient (Wildman–Crippen LogP) is -0.309. The summed E-state index contributed by atoms with van der Waals surface area (Å²) in [5.41, 5.74) is 5.29. The van der Waals surface area contributed by atoms with Gasteiger partial charge in [-0.1, -0.05) is 5.16 Å². The summed E-state index contributed by atoms with van der Waals surface area (Å²) in [6.45, 7) is 0. The highest BCUT2D eigenvalue weighted by molar-refractivity contribution is 7.09. The van der Waals surface area contributed by atoms with Crippen molar-refractivity contribution in [3.05, 3.63) is 0 Å². The maximum absolute atomic E-state index is 10.9. The Balaban J connectivity index is 2.50. The summed E-state index contributed by atoms with van der Waals surface area (Å²) in [6, 6.07) is 0. The van der Waals surface area contributed by atoms with Crippen LogP contribution in [0, 0.1) is 0 Å². The maximum Gasteiger partial charge on any atom is 0.272 e. The Bertz CT molecular complexity index is 322. The zero-order chi connectivity index (χ0) is 9.68. The lowest BCUT2D eigenvalue weighted by Gasteiger charge is -1.92. The lowest BCUT2D eigenvalue weighted by molar-refractivity contribution is -0.110. The second-order valence-corrected chi connectivity index (χ2v) is 2.65. The van der Waals surface area contributed by atoms with Crippen LogP contribution in [-0.2, 0) is 9.63 Å². The van der Waals surface area contributed by atoms with E-state index in [0.29, 0.717) is 5.13 Å². The molecule has 0 saturated carbocycles. The van der Waals surface area contributed by atoms with Gasteiger partial charge in [-0.15, -0.1) is 0 Å². The van der Waals surface area contributed by atoms with Crippen molar-refractivity contribution in [2.24, 2.45) is 5.16 Å². The molecular weight excluding hydrogens is 194 g/mol. The van der Waals surface area contributed by atoms with Crippen LogP contribution in [0.25, 0.3) is 0 Å². The van der Waals surface area contributed by atoms with Gasteiger partial charge in [-0.3, -0.25) is 10.1 Å². The minimum absolute atomic E-state index is 0.162. The summed E-state index contributed by atoms with van der Waals surface area (Å²) in [6.07, 6.45) is 0.969. The van der Waals surface area contributed by atoms with E-state index in [0.717, 1.165) is 17.7 Å². The molecule has 7 nitrogen and oxygen atoms in total. The molecule has 1 amide bonds. The van der Waals surface area contributed by atoms with Crippen LogP contribution in [0.15, 0.2) is 5.16 Å². The molecule has 0 unspecified atom stereocenters. The molecular formula is C5H7N5O2S. The highest BCUT2D eigenvalue weighted by Gasteiger charge is 2.03. The van der Waals surface area contributed by atoms with Gasteiger partial charge in [-0.2, -0.15) is 9.36 Å². The summed E-state index contributed by atoms with van der Waals surface area (Å²) in [7, 11) is 1.34. The fourth-order valence-corrected chi connectivity index (χ4v) is 0.923. The average molecular weight is 201 g/mol. The second kappa shape index (κ2) is 4.36. The third kappa shape index (κ3) is 3.03. The summed E-state index contributed by atoms with van der Waals surface area (Å²) in [4.78, 5) is 18.9. The molecule has 0 aliphatic carbocycles. The van der Waals surface area contributed by atoms with Gasteiger partial charge in [0.05, 0.1) is 0 Å². The van der Waals surface area contributed by atoms with Crippen molar-refractivity contribution in [3.63, 3.8) is 0 Å². The number of nitrogens with zero attached hydrogens (tertiary/aromatic N) is 3. The molecule has 1 aromatic rings. The molecule has 0 spiro atoms. The smallest absolute Gasteiger partial charge is 0.272 e. The normalized spacial score (nSPS) is 10.2. The number of hydrogen-bond acceptors (Lipinski definition) is 7. The number of oxime groups is 1. The van der Waals surface area contributed by atoms with Gasteiger partial charge < -0.3 is 10.6 Å². The Labute approximate surface area is 77.8 Å². The van der Waals surface area contributed by atoms with E-state index in [9.17, 15) is 4.79 Å². The van der Waals surface area contributed by atoms with Crippen LogP contribution in [0.3, 0.4) is 0 Å². The largest absolute Gasteiger partial charge is 0.399 e. The van der Waals surface area contributed by atoms with E-state index in [1.54, 1.807) is 0 Å².